The van der Waals surface area contributed by atoms with Gasteiger partial charge in [-0.05, 0) is 49.0 Å². The summed E-state index contributed by atoms with van der Waals surface area (Å²) in [6.45, 7) is 2.71. The first-order valence-corrected chi connectivity index (χ1v) is 6.78. The van der Waals surface area contributed by atoms with E-state index in [-0.39, 0.29) is 0 Å². The topological polar surface area (TPSA) is 24.1 Å². The van der Waals surface area contributed by atoms with Crippen LogP contribution in [-0.2, 0) is 6.54 Å². The van der Waals surface area contributed by atoms with Gasteiger partial charge < -0.3 is 10.6 Å². The van der Waals surface area contributed by atoms with Gasteiger partial charge in [-0.2, -0.15) is 0 Å². The van der Waals surface area contributed by atoms with Gasteiger partial charge in [0.25, 0.3) is 0 Å². The predicted octanol–water partition coefficient (Wildman–Crippen LogP) is 4.14. The molecule has 0 unspecified atom stereocenters. The van der Waals surface area contributed by atoms with Crippen LogP contribution in [0.15, 0.2) is 48.5 Å². The Labute approximate surface area is 123 Å². The second-order valence-corrected chi connectivity index (χ2v) is 5.15. The molecule has 0 aliphatic rings. The first-order chi connectivity index (χ1) is 9.13. The first-order valence-electron chi connectivity index (χ1n) is 5.99. The lowest BCUT2D eigenvalue weighted by Gasteiger charge is -2.11. The highest BCUT2D eigenvalue weighted by molar-refractivity contribution is 7.80. The highest BCUT2D eigenvalue weighted by Crippen LogP contribution is 2.11. The molecule has 0 bridgehead atoms. The van der Waals surface area contributed by atoms with Gasteiger partial charge in [0.05, 0.1) is 0 Å². The van der Waals surface area contributed by atoms with Crippen molar-refractivity contribution in [3.05, 3.63) is 64.7 Å². The van der Waals surface area contributed by atoms with Gasteiger partial charge in [-0.25, -0.2) is 0 Å². The second kappa shape index (κ2) is 6.55. The van der Waals surface area contributed by atoms with E-state index in [4.69, 9.17) is 23.8 Å². The molecule has 0 saturated heterocycles. The van der Waals surface area contributed by atoms with E-state index in [1.807, 2.05) is 48.5 Å². The minimum atomic E-state index is 0.601. The molecule has 0 aliphatic carbocycles. The zero-order valence-corrected chi connectivity index (χ0v) is 12.2. The van der Waals surface area contributed by atoms with E-state index in [2.05, 4.69) is 17.6 Å². The fourth-order valence-electron chi connectivity index (χ4n) is 1.64. The molecule has 0 heterocycles. The first kappa shape index (κ1) is 13.8. The Balaban J connectivity index is 1.86. The third kappa shape index (κ3) is 4.54. The summed E-state index contributed by atoms with van der Waals surface area (Å²) < 4.78 is 0. The Hall–Kier alpha value is -1.58. The third-order valence-electron chi connectivity index (χ3n) is 2.65. The van der Waals surface area contributed by atoms with E-state index in [0.717, 1.165) is 16.3 Å². The zero-order chi connectivity index (χ0) is 13.7. The number of anilines is 1. The van der Waals surface area contributed by atoms with Gasteiger partial charge in [0.2, 0.25) is 0 Å². The molecule has 19 heavy (non-hydrogen) atoms. The molecule has 0 radical (unpaired) electrons. The molecule has 2 nitrogen and oxygen atoms in total. The van der Waals surface area contributed by atoms with Crippen LogP contribution in [-0.4, -0.2) is 5.11 Å². The predicted molar refractivity (Wildman–Crippen MR) is 85.7 cm³/mol. The normalized spacial score (nSPS) is 10.0. The maximum Gasteiger partial charge on any atom is 0.171 e. The highest BCUT2D eigenvalue weighted by atomic mass is 35.5. The fourth-order valence-corrected chi connectivity index (χ4v) is 2.04. The quantitative estimate of drug-likeness (QED) is 0.831. The van der Waals surface area contributed by atoms with Crippen molar-refractivity contribution in [3.63, 3.8) is 0 Å². The van der Waals surface area contributed by atoms with Crippen LogP contribution in [0, 0.1) is 6.92 Å². The molecule has 0 amide bonds. The molecular formula is C15H15ClN2S. The number of nitrogens with one attached hydrogen (secondary N) is 2. The van der Waals surface area contributed by atoms with Gasteiger partial charge in [-0.1, -0.05) is 41.4 Å². The molecule has 0 atom stereocenters. The van der Waals surface area contributed by atoms with Crippen molar-refractivity contribution in [1.29, 1.82) is 0 Å². The molecule has 0 aliphatic heterocycles. The summed E-state index contributed by atoms with van der Waals surface area (Å²) in [6.07, 6.45) is 0. The number of halogens is 1. The van der Waals surface area contributed by atoms with E-state index >= 15 is 0 Å². The summed E-state index contributed by atoms with van der Waals surface area (Å²) in [5, 5.41) is 7.63. The number of hydrogen-bond acceptors (Lipinski definition) is 1. The zero-order valence-electron chi connectivity index (χ0n) is 10.6. The van der Waals surface area contributed by atoms with Crippen molar-refractivity contribution in [3.8, 4) is 0 Å². The van der Waals surface area contributed by atoms with Crippen LogP contribution >= 0.6 is 23.8 Å². The molecule has 0 aromatic heterocycles. The second-order valence-electron chi connectivity index (χ2n) is 4.30. The van der Waals surface area contributed by atoms with Gasteiger partial charge in [0, 0.05) is 17.3 Å². The maximum atomic E-state index is 5.93. The van der Waals surface area contributed by atoms with Crippen molar-refractivity contribution >= 4 is 34.6 Å². The lowest BCUT2D eigenvalue weighted by atomic mass is 10.2. The van der Waals surface area contributed by atoms with Crippen LogP contribution in [0.5, 0.6) is 0 Å². The van der Waals surface area contributed by atoms with Crippen molar-refractivity contribution in [2.24, 2.45) is 0 Å². The number of benzene rings is 2. The minimum Gasteiger partial charge on any atom is -0.358 e. The maximum absolute atomic E-state index is 5.93. The monoisotopic (exact) mass is 290 g/mol. The summed E-state index contributed by atoms with van der Waals surface area (Å²) in [4.78, 5) is 0. The van der Waals surface area contributed by atoms with E-state index in [0.29, 0.717) is 11.7 Å². The standard InChI is InChI=1S/C15H15ClN2S/c1-11-5-7-14(8-6-11)18-15(19)17-10-12-3-2-4-13(16)9-12/h2-9H,10H2,1H3,(H2,17,18,19). The molecule has 0 spiro atoms. The average Bonchev–Trinajstić information content (AvgIpc) is 2.39. The number of hydrogen-bond donors (Lipinski definition) is 2. The van der Waals surface area contributed by atoms with Crippen LogP contribution in [0.25, 0.3) is 0 Å². The van der Waals surface area contributed by atoms with Gasteiger partial charge in [0.1, 0.15) is 0 Å². The average molecular weight is 291 g/mol. The fraction of sp³-hybridized carbons (Fsp3) is 0.133. The van der Waals surface area contributed by atoms with Gasteiger partial charge >= 0.3 is 0 Å². The van der Waals surface area contributed by atoms with Crippen LogP contribution < -0.4 is 10.6 Å². The molecule has 98 valence electrons. The number of aryl methyl sites for hydroxylation is 1. The van der Waals surface area contributed by atoms with Crippen LogP contribution in [0.4, 0.5) is 5.69 Å². The Morgan fingerprint density at radius 1 is 1.16 bits per heavy atom. The lowest BCUT2D eigenvalue weighted by Crippen LogP contribution is -2.27. The summed E-state index contributed by atoms with van der Waals surface area (Å²) in [5.41, 5.74) is 3.30. The van der Waals surface area contributed by atoms with Crippen LogP contribution in [0.2, 0.25) is 5.02 Å². The SMILES string of the molecule is Cc1ccc(NC(=S)NCc2cccc(Cl)c2)cc1. The van der Waals surface area contributed by atoms with E-state index in [1.54, 1.807) is 0 Å². The molecule has 0 saturated carbocycles. The molecule has 2 rings (SSSR count). The van der Waals surface area contributed by atoms with Crippen molar-refractivity contribution in [2.75, 3.05) is 5.32 Å². The van der Waals surface area contributed by atoms with Gasteiger partial charge in [-0.3, -0.25) is 0 Å². The molecule has 2 N–H and O–H groups in total. The Morgan fingerprint density at radius 2 is 1.89 bits per heavy atom. The van der Waals surface area contributed by atoms with Crippen LogP contribution in [0.1, 0.15) is 11.1 Å². The summed E-state index contributed by atoms with van der Waals surface area (Å²) in [6, 6.07) is 15.8. The lowest BCUT2D eigenvalue weighted by molar-refractivity contribution is 0.926. The van der Waals surface area contributed by atoms with Crippen molar-refractivity contribution in [2.45, 2.75) is 13.5 Å². The number of thiocarbonyl (C=S) groups is 1. The van der Waals surface area contributed by atoms with Crippen molar-refractivity contribution < 1.29 is 0 Å². The minimum absolute atomic E-state index is 0.601. The third-order valence-corrected chi connectivity index (χ3v) is 3.13. The molecular weight excluding hydrogens is 276 g/mol. The molecule has 4 heteroatoms. The summed E-state index contributed by atoms with van der Waals surface area (Å²) in [7, 11) is 0. The Bertz CT molecular complexity index is 567. The van der Waals surface area contributed by atoms with E-state index < -0.39 is 0 Å². The van der Waals surface area contributed by atoms with Crippen LogP contribution in [0.3, 0.4) is 0 Å². The van der Waals surface area contributed by atoms with Gasteiger partial charge in [0.15, 0.2) is 5.11 Å². The Kier molecular flexibility index (Phi) is 4.77. The van der Waals surface area contributed by atoms with Gasteiger partial charge in [-0.15, -0.1) is 0 Å². The largest absolute Gasteiger partial charge is 0.358 e. The number of rotatable bonds is 3. The van der Waals surface area contributed by atoms with E-state index in [9.17, 15) is 0 Å². The Morgan fingerprint density at radius 3 is 2.58 bits per heavy atom. The smallest absolute Gasteiger partial charge is 0.171 e. The molecule has 2 aromatic carbocycles. The molecule has 2 aromatic rings. The highest BCUT2D eigenvalue weighted by Gasteiger charge is 1.98. The molecule has 0 fully saturated rings. The van der Waals surface area contributed by atoms with Crippen molar-refractivity contribution in [1.82, 2.24) is 5.32 Å². The summed E-state index contributed by atoms with van der Waals surface area (Å²) in [5.74, 6) is 0. The summed E-state index contributed by atoms with van der Waals surface area (Å²) >= 11 is 11.2. The van der Waals surface area contributed by atoms with E-state index in [1.165, 1.54) is 5.56 Å².